The van der Waals surface area contributed by atoms with Gasteiger partial charge in [0.2, 0.25) is 11.8 Å². The van der Waals surface area contributed by atoms with Crippen LogP contribution in [0, 0.1) is 13.8 Å². The predicted molar refractivity (Wildman–Crippen MR) is 81.6 cm³/mol. The Labute approximate surface area is 123 Å². The van der Waals surface area contributed by atoms with E-state index in [9.17, 15) is 0 Å². The highest BCUT2D eigenvalue weighted by atomic mass is 32.1. The van der Waals surface area contributed by atoms with Crippen molar-refractivity contribution in [3.8, 4) is 5.88 Å². The van der Waals surface area contributed by atoms with Crippen LogP contribution in [0.15, 0.2) is 11.6 Å². The Hall–Kier alpha value is -1.69. The van der Waals surface area contributed by atoms with E-state index in [0.717, 1.165) is 30.8 Å². The predicted octanol–water partition coefficient (Wildman–Crippen LogP) is 2.99. The molecule has 6 heteroatoms. The van der Waals surface area contributed by atoms with E-state index in [1.807, 2.05) is 25.4 Å². The van der Waals surface area contributed by atoms with E-state index in [1.54, 1.807) is 11.3 Å². The highest BCUT2D eigenvalue weighted by molar-refractivity contribution is 7.09. The summed E-state index contributed by atoms with van der Waals surface area (Å²) in [6.07, 6.45) is 1.90. The van der Waals surface area contributed by atoms with Crippen molar-refractivity contribution in [2.75, 3.05) is 18.5 Å². The molecule has 0 aliphatic carbocycles. The van der Waals surface area contributed by atoms with Crippen molar-refractivity contribution < 1.29 is 4.74 Å². The number of hydrogen-bond donors (Lipinski definition) is 1. The fourth-order valence-electron chi connectivity index (χ4n) is 1.74. The molecule has 1 N–H and O–H groups in total. The van der Waals surface area contributed by atoms with Gasteiger partial charge in [-0.1, -0.05) is 6.92 Å². The van der Waals surface area contributed by atoms with Crippen molar-refractivity contribution in [1.82, 2.24) is 15.0 Å². The Morgan fingerprint density at radius 1 is 1.30 bits per heavy atom. The molecule has 0 fully saturated rings. The molecule has 2 aromatic rings. The SMILES string of the molecule is CCCNc1nc(C)cc(OCCc2scnc2C)n1. The Balaban J connectivity index is 1.91. The van der Waals surface area contributed by atoms with E-state index in [-0.39, 0.29) is 0 Å². The third-order valence-corrected chi connectivity index (χ3v) is 3.78. The molecule has 0 aromatic carbocycles. The minimum atomic E-state index is 0.604. The second-order valence-electron chi connectivity index (χ2n) is 4.56. The van der Waals surface area contributed by atoms with Crippen molar-refractivity contribution in [1.29, 1.82) is 0 Å². The molecule has 0 atom stereocenters. The fourth-order valence-corrected chi connectivity index (χ4v) is 2.51. The molecule has 0 radical (unpaired) electrons. The molecule has 20 heavy (non-hydrogen) atoms. The Bertz CT molecular complexity index is 556. The maximum atomic E-state index is 5.72. The third-order valence-electron chi connectivity index (χ3n) is 2.79. The average molecular weight is 292 g/mol. The van der Waals surface area contributed by atoms with Crippen molar-refractivity contribution in [2.45, 2.75) is 33.6 Å². The normalized spacial score (nSPS) is 10.6. The molecular formula is C14H20N4OS. The largest absolute Gasteiger partial charge is 0.477 e. The van der Waals surface area contributed by atoms with Crippen LogP contribution in [0.3, 0.4) is 0 Å². The molecule has 108 valence electrons. The van der Waals surface area contributed by atoms with Crippen LogP contribution in [0.25, 0.3) is 0 Å². The van der Waals surface area contributed by atoms with Gasteiger partial charge >= 0.3 is 0 Å². The van der Waals surface area contributed by atoms with E-state index < -0.39 is 0 Å². The van der Waals surface area contributed by atoms with Gasteiger partial charge in [0.15, 0.2) is 0 Å². The first-order valence-corrected chi connectivity index (χ1v) is 7.68. The van der Waals surface area contributed by atoms with Crippen molar-refractivity contribution in [3.05, 3.63) is 27.8 Å². The number of aromatic nitrogens is 3. The van der Waals surface area contributed by atoms with E-state index in [1.165, 1.54) is 4.88 Å². The molecule has 5 nitrogen and oxygen atoms in total. The standard InChI is InChI=1S/C14H20N4OS/c1-4-6-15-14-17-10(2)8-13(18-14)19-7-5-12-11(3)16-9-20-12/h8-9H,4-7H2,1-3H3,(H,15,17,18). The van der Waals surface area contributed by atoms with Gasteiger partial charge in [0, 0.05) is 29.6 Å². The van der Waals surface area contributed by atoms with Crippen LogP contribution >= 0.6 is 11.3 Å². The number of nitrogens with one attached hydrogen (secondary N) is 1. The van der Waals surface area contributed by atoms with Crippen LogP contribution in [0.5, 0.6) is 5.88 Å². The van der Waals surface area contributed by atoms with Gasteiger partial charge in [0.05, 0.1) is 17.8 Å². The van der Waals surface area contributed by atoms with Crippen molar-refractivity contribution in [3.63, 3.8) is 0 Å². The maximum absolute atomic E-state index is 5.72. The van der Waals surface area contributed by atoms with Crippen LogP contribution in [0.1, 0.15) is 29.6 Å². The van der Waals surface area contributed by atoms with E-state index >= 15 is 0 Å². The zero-order valence-corrected chi connectivity index (χ0v) is 13.0. The minimum Gasteiger partial charge on any atom is -0.477 e. The highest BCUT2D eigenvalue weighted by Gasteiger charge is 2.05. The highest BCUT2D eigenvalue weighted by Crippen LogP contribution is 2.15. The first-order chi connectivity index (χ1) is 9.69. The summed E-state index contributed by atoms with van der Waals surface area (Å²) in [5, 5.41) is 3.18. The summed E-state index contributed by atoms with van der Waals surface area (Å²) >= 11 is 1.67. The summed E-state index contributed by atoms with van der Waals surface area (Å²) < 4.78 is 5.72. The Kier molecular flexibility index (Phi) is 5.29. The first-order valence-electron chi connectivity index (χ1n) is 6.80. The van der Waals surface area contributed by atoms with E-state index in [0.29, 0.717) is 18.4 Å². The average Bonchev–Trinajstić information content (AvgIpc) is 2.82. The lowest BCUT2D eigenvalue weighted by Gasteiger charge is -2.08. The Morgan fingerprint density at radius 2 is 2.15 bits per heavy atom. The third kappa shape index (κ3) is 4.16. The van der Waals surface area contributed by atoms with Gasteiger partial charge in [-0.25, -0.2) is 9.97 Å². The molecule has 0 spiro atoms. The number of nitrogens with zero attached hydrogens (tertiary/aromatic N) is 3. The number of rotatable bonds is 7. The molecule has 0 amide bonds. The number of hydrogen-bond acceptors (Lipinski definition) is 6. The number of anilines is 1. The van der Waals surface area contributed by atoms with Gasteiger partial charge in [0.1, 0.15) is 0 Å². The van der Waals surface area contributed by atoms with Gasteiger partial charge in [-0.3, -0.25) is 0 Å². The second-order valence-corrected chi connectivity index (χ2v) is 5.50. The zero-order valence-electron chi connectivity index (χ0n) is 12.1. The zero-order chi connectivity index (χ0) is 14.4. The minimum absolute atomic E-state index is 0.604. The summed E-state index contributed by atoms with van der Waals surface area (Å²) in [5.74, 6) is 1.26. The molecule has 2 aromatic heterocycles. The van der Waals surface area contributed by atoms with E-state index in [4.69, 9.17) is 4.74 Å². The molecule has 0 saturated heterocycles. The molecule has 0 saturated carbocycles. The molecular weight excluding hydrogens is 272 g/mol. The number of thiazole rings is 1. The lowest BCUT2D eigenvalue weighted by Crippen LogP contribution is -2.08. The molecule has 0 bridgehead atoms. The first kappa shape index (κ1) is 14.7. The quantitative estimate of drug-likeness (QED) is 0.850. The van der Waals surface area contributed by atoms with Crippen molar-refractivity contribution >= 4 is 17.3 Å². The van der Waals surface area contributed by atoms with Crippen LogP contribution < -0.4 is 10.1 Å². The monoisotopic (exact) mass is 292 g/mol. The summed E-state index contributed by atoms with van der Waals surface area (Å²) in [6, 6.07) is 1.86. The van der Waals surface area contributed by atoms with Gasteiger partial charge in [-0.05, 0) is 20.3 Å². The molecule has 2 heterocycles. The van der Waals surface area contributed by atoms with Crippen molar-refractivity contribution in [2.24, 2.45) is 0 Å². The van der Waals surface area contributed by atoms with Crippen LogP contribution in [-0.4, -0.2) is 28.1 Å². The van der Waals surface area contributed by atoms with Gasteiger partial charge in [-0.2, -0.15) is 4.98 Å². The topological polar surface area (TPSA) is 59.9 Å². The molecule has 2 rings (SSSR count). The fraction of sp³-hybridized carbons (Fsp3) is 0.500. The molecule has 0 aliphatic heterocycles. The summed E-state index contributed by atoms with van der Waals surface area (Å²) in [7, 11) is 0. The molecule has 0 aliphatic rings. The smallest absolute Gasteiger partial charge is 0.226 e. The number of ether oxygens (including phenoxy) is 1. The number of aryl methyl sites for hydroxylation is 2. The Morgan fingerprint density at radius 3 is 2.85 bits per heavy atom. The second kappa shape index (κ2) is 7.19. The van der Waals surface area contributed by atoms with E-state index in [2.05, 4.69) is 27.2 Å². The maximum Gasteiger partial charge on any atom is 0.226 e. The van der Waals surface area contributed by atoms with Crippen LogP contribution in [0.2, 0.25) is 0 Å². The summed E-state index contributed by atoms with van der Waals surface area (Å²) in [6.45, 7) is 7.54. The summed E-state index contributed by atoms with van der Waals surface area (Å²) in [4.78, 5) is 14.2. The van der Waals surface area contributed by atoms with Crippen LogP contribution in [0.4, 0.5) is 5.95 Å². The summed E-state index contributed by atoms with van der Waals surface area (Å²) in [5.41, 5.74) is 3.86. The van der Waals surface area contributed by atoms with Gasteiger partial charge < -0.3 is 10.1 Å². The molecule has 0 unspecified atom stereocenters. The lowest BCUT2D eigenvalue weighted by molar-refractivity contribution is 0.309. The van der Waals surface area contributed by atoms with Crippen LogP contribution in [-0.2, 0) is 6.42 Å². The lowest BCUT2D eigenvalue weighted by atomic mass is 10.3. The van der Waals surface area contributed by atoms with Gasteiger partial charge in [-0.15, -0.1) is 11.3 Å². The van der Waals surface area contributed by atoms with Gasteiger partial charge in [0.25, 0.3) is 0 Å².